The summed E-state index contributed by atoms with van der Waals surface area (Å²) in [7, 11) is 0. The largest absolute Gasteiger partial charge is 0.333 e. The molecule has 1 aliphatic rings. The molecule has 1 aromatic heterocycles. The molecule has 0 bridgehead atoms. The van der Waals surface area contributed by atoms with Crippen LogP contribution in [-0.4, -0.2) is 37.5 Å². The van der Waals surface area contributed by atoms with Crippen LogP contribution in [-0.2, 0) is 11.3 Å². The monoisotopic (exact) mass is 351 g/mol. The highest BCUT2D eigenvalue weighted by atomic mass is 32.2. The van der Waals surface area contributed by atoms with Crippen LogP contribution in [0.3, 0.4) is 0 Å². The Morgan fingerprint density at radius 3 is 2.62 bits per heavy atom. The minimum Gasteiger partial charge on any atom is -0.333 e. The Labute approximate surface area is 146 Å². The van der Waals surface area contributed by atoms with Crippen molar-refractivity contribution in [2.45, 2.75) is 68.9 Å². The first kappa shape index (κ1) is 18.5. The molecule has 7 nitrogen and oxygen atoms in total. The van der Waals surface area contributed by atoms with E-state index >= 15 is 0 Å². The van der Waals surface area contributed by atoms with Crippen molar-refractivity contribution in [2.24, 2.45) is 0 Å². The quantitative estimate of drug-likeness (QED) is 0.607. The lowest BCUT2D eigenvalue weighted by atomic mass is 10.1. The molecule has 1 heterocycles. The van der Waals surface area contributed by atoms with Crippen molar-refractivity contribution in [1.82, 2.24) is 25.4 Å². The maximum absolute atomic E-state index is 12.2. The Hall–Kier alpha value is -1.83. The number of amides is 3. The van der Waals surface area contributed by atoms with Crippen LogP contribution in [0.4, 0.5) is 4.79 Å². The van der Waals surface area contributed by atoms with Crippen LogP contribution < -0.4 is 10.6 Å². The zero-order valence-electron chi connectivity index (χ0n) is 14.6. The fraction of sp³-hybridized carbons (Fsp3) is 0.625. The second kappa shape index (κ2) is 7.38. The highest BCUT2D eigenvalue weighted by Gasteiger charge is 2.31. The van der Waals surface area contributed by atoms with Gasteiger partial charge in [-0.2, -0.15) is 0 Å². The molecule has 8 heteroatoms. The van der Waals surface area contributed by atoms with Gasteiger partial charge in [0.25, 0.3) is 0 Å². The zero-order valence-corrected chi connectivity index (χ0v) is 15.4. The minimum atomic E-state index is -0.494. The maximum atomic E-state index is 12.2. The first-order valence-corrected chi connectivity index (χ1v) is 8.93. The van der Waals surface area contributed by atoms with Crippen molar-refractivity contribution in [3.8, 4) is 0 Å². The number of allylic oxidation sites excluding steroid dienone is 1. The van der Waals surface area contributed by atoms with Crippen molar-refractivity contribution >= 4 is 23.7 Å². The molecule has 1 aliphatic carbocycles. The van der Waals surface area contributed by atoms with E-state index in [0.717, 1.165) is 18.7 Å². The van der Waals surface area contributed by atoms with Crippen LogP contribution in [0.2, 0.25) is 0 Å². The number of aromatic nitrogens is 3. The standard InChI is InChI=1S/C16H25N5O2S/c1-6-9-21-12(11-7-8-11)19-20-15(21)24-10(2)13(22)17-14(23)18-16(3,4)5/h6,10-11H,1,7-9H2,2-5H3,(H2,17,18,22,23). The van der Waals surface area contributed by atoms with E-state index in [-0.39, 0.29) is 5.91 Å². The molecule has 2 N–H and O–H groups in total. The number of hydrogen-bond acceptors (Lipinski definition) is 5. The fourth-order valence-electron chi connectivity index (χ4n) is 2.13. The topological polar surface area (TPSA) is 88.9 Å². The lowest BCUT2D eigenvalue weighted by molar-refractivity contribution is -0.119. The van der Waals surface area contributed by atoms with Gasteiger partial charge in [0.2, 0.25) is 5.91 Å². The first-order valence-electron chi connectivity index (χ1n) is 8.05. The maximum Gasteiger partial charge on any atom is 0.321 e. The molecule has 1 atom stereocenters. The average molecular weight is 351 g/mol. The van der Waals surface area contributed by atoms with E-state index in [4.69, 9.17) is 0 Å². The zero-order chi connectivity index (χ0) is 17.9. The van der Waals surface area contributed by atoms with Gasteiger partial charge in [0.15, 0.2) is 5.16 Å². The predicted octanol–water partition coefficient (Wildman–Crippen LogP) is 2.45. The molecular formula is C16H25N5O2S. The summed E-state index contributed by atoms with van der Waals surface area (Å²) >= 11 is 1.29. The molecule has 1 fully saturated rings. The molecule has 1 saturated carbocycles. The number of carbonyl (C=O) groups excluding carboxylic acids is 2. The van der Waals surface area contributed by atoms with Crippen LogP contribution in [0.1, 0.15) is 52.3 Å². The lowest BCUT2D eigenvalue weighted by Gasteiger charge is -2.21. The third kappa shape index (κ3) is 5.09. The fourth-order valence-corrected chi connectivity index (χ4v) is 2.99. The smallest absolute Gasteiger partial charge is 0.321 e. The summed E-state index contributed by atoms with van der Waals surface area (Å²) in [6.07, 6.45) is 4.05. The number of nitrogens with zero attached hydrogens (tertiary/aromatic N) is 3. The Morgan fingerprint density at radius 1 is 1.42 bits per heavy atom. The minimum absolute atomic E-state index is 0.358. The Balaban J connectivity index is 1.98. The molecule has 2 rings (SSSR count). The van der Waals surface area contributed by atoms with E-state index in [1.54, 1.807) is 13.0 Å². The van der Waals surface area contributed by atoms with Crippen LogP contribution >= 0.6 is 11.8 Å². The number of urea groups is 1. The summed E-state index contributed by atoms with van der Waals surface area (Å²) in [6, 6.07) is -0.494. The molecule has 0 spiro atoms. The van der Waals surface area contributed by atoms with Crippen molar-refractivity contribution in [2.75, 3.05) is 0 Å². The van der Waals surface area contributed by atoms with Crippen molar-refractivity contribution in [1.29, 1.82) is 0 Å². The van der Waals surface area contributed by atoms with Gasteiger partial charge in [-0.1, -0.05) is 17.8 Å². The number of hydrogen-bond donors (Lipinski definition) is 2. The summed E-state index contributed by atoms with van der Waals surface area (Å²) < 4.78 is 1.99. The summed E-state index contributed by atoms with van der Waals surface area (Å²) in [5, 5.41) is 13.7. The molecule has 1 aromatic rings. The van der Waals surface area contributed by atoms with E-state index in [9.17, 15) is 9.59 Å². The third-order valence-corrected chi connectivity index (χ3v) is 4.46. The summed E-state index contributed by atoms with van der Waals surface area (Å²) in [4.78, 5) is 24.0. The van der Waals surface area contributed by atoms with E-state index < -0.39 is 16.8 Å². The summed E-state index contributed by atoms with van der Waals surface area (Å²) in [6.45, 7) is 11.7. The van der Waals surface area contributed by atoms with E-state index in [0.29, 0.717) is 17.6 Å². The Bertz CT molecular complexity index is 631. The SMILES string of the molecule is C=CCn1c(SC(C)C(=O)NC(=O)NC(C)(C)C)nnc1C1CC1. The number of imide groups is 1. The Kier molecular flexibility index (Phi) is 5.69. The molecule has 0 aliphatic heterocycles. The van der Waals surface area contributed by atoms with Crippen LogP contribution in [0.15, 0.2) is 17.8 Å². The highest BCUT2D eigenvalue weighted by molar-refractivity contribution is 8.00. The third-order valence-electron chi connectivity index (χ3n) is 3.38. The second-order valence-electron chi connectivity index (χ2n) is 6.97. The van der Waals surface area contributed by atoms with E-state index in [1.165, 1.54) is 11.8 Å². The van der Waals surface area contributed by atoms with Crippen LogP contribution in [0.5, 0.6) is 0 Å². The lowest BCUT2D eigenvalue weighted by Crippen LogP contribution is -2.49. The second-order valence-corrected chi connectivity index (χ2v) is 8.28. The average Bonchev–Trinajstić information content (AvgIpc) is 3.21. The first-order chi connectivity index (χ1) is 11.2. The number of thioether (sulfide) groups is 1. The van der Waals surface area contributed by atoms with Gasteiger partial charge < -0.3 is 9.88 Å². The van der Waals surface area contributed by atoms with Gasteiger partial charge in [-0.25, -0.2) is 4.79 Å². The molecule has 0 saturated heterocycles. The summed E-state index contributed by atoms with van der Waals surface area (Å²) in [5.41, 5.74) is -0.399. The van der Waals surface area contributed by atoms with Gasteiger partial charge in [0.1, 0.15) is 5.82 Å². The van der Waals surface area contributed by atoms with Gasteiger partial charge in [-0.05, 0) is 40.5 Å². The van der Waals surface area contributed by atoms with Gasteiger partial charge >= 0.3 is 6.03 Å². The summed E-state index contributed by atoms with van der Waals surface area (Å²) in [5.74, 6) is 1.06. The van der Waals surface area contributed by atoms with E-state index in [2.05, 4.69) is 27.4 Å². The molecule has 132 valence electrons. The molecule has 24 heavy (non-hydrogen) atoms. The number of rotatable bonds is 6. The van der Waals surface area contributed by atoms with Crippen LogP contribution in [0, 0.1) is 0 Å². The number of nitrogens with one attached hydrogen (secondary N) is 2. The van der Waals surface area contributed by atoms with Crippen molar-refractivity contribution in [3.63, 3.8) is 0 Å². The van der Waals surface area contributed by atoms with E-state index in [1.807, 2.05) is 25.3 Å². The molecular weight excluding hydrogens is 326 g/mol. The van der Waals surface area contributed by atoms with Gasteiger partial charge in [0, 0.05) is 18.0 Å². The molecule has 1 unspecified atom stereocenters. The van der Waals surface area contributed by atoms with Crippen molar-refractivity contribution in [3.05, 3.63) is 18.5 Å². The van der Waals surface area contributed by atoms with Gasteiger partial charge in [0.05, 0.1) is 5.25 Å². The normalized spacial score (nSPS) is 15.7. The van der Waals surface area contributed by atoms with Crippen molar-refractivity contribution < 1.29 is 9.59 Å². The predicted molar refractivity (Wildman–Crippen MR) is 93.9 cm³/mol. The highest BCUT2D eigenvalue weighted by Crippen LogP contribution is 2.40. The van der Waals surface area contributed by atoms with Gasteiger partial charge in [-0.15, -0.1) is 16.8 Å². The molecule has 0 radical (unpaired) electrons. The molecule has 3 amide bonds. The van der Waals surface area contributed by atoms with Gasteiger partial charge in [-0.3, -0.25) is 10.1 Å². The number of carbonyl (C=O) groups is 2. The van der Waals surface area contributed by atoms with Crippen LogP contribution in [0.25, 0.3) is 0 Å². The molecule has 0 aromatic carbocycles. The Morgan fingerprint density at radius 2 is 2.08 bits per heavy atom.